The molecule has 4 N–H and O–H groups in total. The van der Waals surface area contributed by atoms with Crippen LogP contribution in [0.25, 0.3) is 0 Å². The molecule has 4 saturated carbocycles. The van der Waals surface area contributed by atoms with E-state index in [4.69, 9.17) is 10.5 Å². The van der Waals surface area contributed by atoms with E-state index in [2.05, 4.69) is 27.7 Å². The number of hydrogen-bond acceptors (Lipinski definition) is 6. The van der Waals surface area contributed by atoms with Gasteiger partial charge in [0.25, 0.3) is 0 Å². The number of allylic oxidation sites excluding steroid dienone is 3. The van der Waals surface area contributed by atoms with Crippen LogP contribution < -0.4 is 5.73 Å². The summed E-state index contributed by atoms with van der Waals surface area (Å²) in [7, 11) is 0. The summed E-state index contributed by atoms with van der Waals surface area (Å²) in [6, 6.07) is -0.572. The Morgan fingerprint density at radius 1 is 1.05 bits per heavy atom. The molecule has 0 aromatic rings. The summed E-state index contributed by atoms with van der Waals surface area (Å²) in [5.74, 6) is -0.198. The number of carbonyl (C=O) groups is 2. The second-order valence-electron chi connectivity index (χ2n) is 13.8. The van der Waals surface area contributed by atoms with Crippen molar-refractivity contribution >= 4 is 11.8 Å². The van der Waals surface area contributed by atoms with Gasteiger partial charge in [-0.15, -0.1) is 0 Å². The van der Waals surface area contributed by atoms with Crippen molar-refractivity contribution in [2.24, 2.45) is 45.7 Å². The summed E-state index contributed by atoms with van der Waals surface area (Å²) >= 11 is 0. The highest BCUT2D eigenvalue weighted by Gasteiger charge is 2.72. The van der Waals surface area contributed by atoms with E-state index in [0.29, 0.717) is 24.3 Å². The summed E-state index contributed by atoms with van der Waals surface area (Å²) in [5.41, 5.74) is 8.87. The number of aliphatic hydroxyl groups is 2. The molecule has 6 nitrogen and oxygen atoms in total. The smallest absolute Gasteiger partial charge is 0.303 e. The molecule has 0 heterocycles. The Bertz CT molecular complexity index is 1010. The van der Waals surface area contributed by atoms with E-state index in [-0.39, 0.29) is 51.9 Å². The molecule has 0 unspecified atom stereocenters. The second-order valence-corrected chi connectivity index (χ2v) is 13.8. The SMILES string of the molecule is CC(=O)O[C@H]1C[C@@]2(C)[C@H](/C1=C(\CC=C(C)C)C(C)=O)[C@H](N)[C@@H](O)[C@H]1[C@@]3(C)CC[C@@H](O)[C@@H](C)[C@@H]3CC[C@@]12C. The lowest BCUT2D eigenvalue weighted by Gasteiger charge is -2.70. The zero-order valence-electron chi connectivity index (χ0n) is 24.1. The van der Waals surface area contributed by atoms with Crippen LogP contribution in [0.1, 0.15) is 93.9 Å². The van der Waals surface area contributed by atoms with Gasteiger partial charge in [-0.1, -0.05) is 39.3 Å². The van der Waals surface area contributed by atoms with Crippen LogP contribution in [0.15, 0.2) is 22.8 Å². The van der Waals surface area contributed by atoms with Crippen molar-refractivity contribution < 1.29 is 24.5 Å². The van der Waals surface area contributed by atoms with Crippen LogP contribution in [0, 0.1) is 39.9 Å². The number of Topliss-reactive ketones (excluding diaryl/α,β-unsaturated/α-hetero) is 1. The third-order valence-corrected chi connectivity index (χ3v) is 11.6. The van der Waals surface area contributed by atoms with E-state index in [1.165, 1.54) is 6.92 Å². The fourth-order valence-corrected chi connectivity index (χ4v) is 9.77. The number of carbonyl (C=O) groups excluding carboxylic acids is 2. The van der Waals surface area contributed by atoms with Gasteiger partial charge in [-0.05, 0) is 98.9 Å². The maximum absolute atomic E-state index is 13.1. The van der Waals surface area contributed by atoms with E-state index in [1.54, 1.807) is 6.92 Å². The van der Waals surface area contributed by atoms with Crippen molar-refractivity contribution in [3.8, 4) is 0 Å². The van der Waals surface area contributed by atoms with Crippen molar-refractivity contribution in [2.75, 3.05) is 0 Å². The largest absolute Gasteiger partial charge is 0.458 e. The standard InChI is InChI=1S/C31H49NO5/c1-16(2)9-10-20(18(4)33)24-23(37-19(5)34)15-31(8)25(24)26(32)27(36)28-29(6)13-12-22(35)17(3)21(29)11-14-30(28,31)7/h9,17,21-23,25-28,35-36H,10-15,32H2,1-8H3/b24-20+/t17-,21-,22+,23-,25+,26-,27+,28-,29-,30-,31-/m0/s1. The molecule has 0 aromatic heterocycles. The summed E-state index contributed by atoms with van der Waals surface area (Å²) in [5, 5.41) is 22.8. The third-order valence-electron chi connectivity index (χ3n) is 11.6. The van der Waals surface area contributed by atoms with E-state index in [0.717, 1.165) is 36.8 Å². The minimum atomic E-state index is -0.749. The molecule has 4 aliphatic rings. The molecular weight excluding hydrogens is 466 g/mol. The molecule has 37 heavy (non-hydrogen) atoms. The number of hydrogen-bond donors (Lipinski definition) is 3. The Balaban J connectivity index is 1.90. The average Bonchev–Trinajstić information content (AvgIpc) is 3.07. The topological polar surface area (TPSA) is 110 Å². The molecular formula is C31H49NO5. The van der Waals surface area contributed by atoms with Gasteiger partial charge >= 0.3 is 5.97 Å². The van der Waals surface area contributed by atoms with Crippen molar-refractivity contribution in [3.63, 3.8) is 0 Å². The lowest BCUT2D eigenvalue weighted by atomic mass is 9.36. The number of fused-ring (bicyclic) bond motifs is 5. The third kappa shape index (κ3) is 4.17. The minimum absolute atomic E-state index is 0.0337. The van der Waals surface area contributed by atoms with Crippen molar-refractivity contribution in [2.45, 2.75) is 118 Å². The molecule has 6 heteroatoms. The second kappa shape index (κ2) is 9.60. The summed E-state index contributed by atoms with van der Waals surface area (Å²) in [4.78, 5) is 25.3. The summed E-state index contributed by atoms with van der Waals surface area (Å²) in [6.07, 6.45) is 5.04. The van der Waals surface area contributed by atoms with Gasteiger partial charge in [0.2, 0.25) is 0 Å². The lowest BCUT2D eigenvalue weighted by molar-refractivity contribution is -0.239. The van der Waals surface area contributed by atoms with Crippen molar-refractivity contribution in [1.29, 1.82) is 0 Å². The quantitative estimate of drug-likeness (QED) is 0.284. The Morgan fingerprint density at radius 3 is 2.27 bits per heavy atom. The molecule has 208 valence electrons. The van der Waals surface area contributed by atoms with Crippen LogP contribution in [-0.4, -0.2) is 46.3 Å². The number of rotatable bonds is 4. The molecule has 4 aliphatic carbocycles. The number of ketones is 1. The zero-order valence-corrected chi connectivity index (χ0v) is 24.1. The maximum Gasteiger partial charge on any atom is 0.303 e. The van der Waals surface area contributed by atoms with Gasteiger partial charge in [0.1, 0.15) is 6.10 Å². The first-order valence-corrected chi connectivity index (χ1v) is 14.3. The highest BCUT2D eigenvalue weighted by molar-refractivity contribution is 5.95. The summed E-state index contributed by atoms with van der Waals surface area (Å²) < 4.78 is 5.95. The van der Waals surface area contributed by atoms with Crippen LogP contribution in [-0.2, 0) is 14.3 Å². The molecule has 4 rings (SSSR count). The highest BCUT2D eigenvalue weighted by atomic mass is 16.5. The maximum atomic E-state index is 13.1. The summed E-state index contributed by atoms with van der Waals surface area (Å²) in [6.45, 7) is 16.1. The molecule has 11 atom stereocenters. The van der Waals surface area contributed by atoms with Gasteiger partial charge in [0.05, 0.1) is 12.2 Å². The van der Waals surface area contributed by atoms with E-state index in [1.807, 2.05) is 19.9 Å². The van der Waals surface area contributed by atoms with Crippen LogP contribution in [0.2, 0.25) is 0 Å². The van der Waals surface area contributed by atoms with Crippen LogP contribution in [0.5, 0.6) is 0 Å². The van der Waals surface area contributed by atoms with E-state index < -0.39 is 18.2 Å². The molecule has 0 aliphatic heterocycles. The fraction of sp³-hybridized carbons (Fsp3) is 0.806. The predicted molar refractivity (Wildman–Crippen MR) is 144 cm³/mol. The molecule has 0 bridgehead atoms. The molecule has 0 radical (unpaired) electrons. The monoisotopic (exact) mass is 515 g/mol. The van der Waals surface area contributed by atoms with Gasteiger partial charge in [-0.25, -0.2) is 0 Å². The fourth-order valence-electron chi connectivity index (χ4n) is 9.77. The first-order valence-electron chi connectivity index (χ1n) is 14.3. The predicted octanol–water partition coefficient (Wildman–Crippen LogP) is 4.72. The Morgan fingerprint density at radius 2 is 1.70 bits per heavy atom. The molecule has 0 amide bonds. The van der Waals surface area contributed by atoms with E-state index >= 15 is 0 Å². The van der Waals surface area contributed by atoms with Gasteiger partial charge in [0.15, 0.2) is 5.78 Å². The van der Waals surface area contributed by atoms with Crippen LogP contribution in [0.4, 0.5) is 0 Å². The van der Waals surface area contributed by atoms with Gasteiger partial charge in [-0.2, -0.15) is 0 Å². The molecule has 4 fully saturated rings. The first-order chi connectivity index (χ1) is 17.1. The van der Waals surface area contributed by atoms with Gasteiger partial charge in [-0.3, -0.25) is 9.59 Å². The number of aliphatic hydroxyl groups excluding tert-OH is 2. The average molecular weight is 516 g/mol. The van der Waals surface area contributed by atoms with Crippen LogP contribution >= 0.6 is 0 Å². The van der Waals surface area contributed by atoms with Crippen molar-refractivity contribution in [3.05, 3.63) is 22.8 Å². The molecule has 0 spiro atoms. The molecule has 0 saturated heterocycles. The van der Waals surface area contributed by atoms with Gasteiger partial charge in [0, 0.05) is 24.5 Å². The van der Waals surface area contributed by atoms with Crippen molar-refractivity contribution in [1.82, 2.24) is 0 Å². The van der Waals surface area contributed by atoms with E-state index in [9.17, 15) is 19.8 Å². The van der Waals surface area contributed by atoms with Gasteiger partial charge < -0.3 is 20.7 Å². The lowest BCUT2D eigenvalue weighted by Crippen LogP contribution is -2.71. The molecule has 0 aromatic carbocycles. The Kier molecular flexibility index (Phi) is 7.40. The number of esters is 1. The van der Waals surface area contributed by atoms with Crippen LogP contribution in [0.3, 0.4) is 0 Å². The minimum Gasteiger partial charge on any atom is -0.458 e. The highest BCUT2D eigenvalue weighted by Crippen LogP contribution is 2.74. The number of nitrogens with two attached hydrogens (primary N) is 1. The normalized spacial score (nSPS) is 48.3. The Hall–Kier alpha value is -1.50. The number of ether oxygens (including phenoxy) is 1. The first kappa shape index (κ1) is 28.5. The zero-order chi connectivity index (χ0) is 27.7. The Labute approximate surface area is 223 Å².